The van der Waals surface area contributed by atoms with E-state index in [0.29, 0.717) is 0 Å². The summed E-state index contributed by atoms with van der Waals surface area (Å²) in [6.45, 7) is 9.48. The Balaban J connectivity index is 2.11. The maximum atomic E-state index is 6.06. The first kappa shape index (κ1) is 15.3. The molecule has 0 amide bonds. The average molecular weight is 276 g/mol. The van der Waals surface area contributed by atoms with E-state index in [2.05, 4.69) is 50.1 Å². The molecule has 1 heterocycles. The molecule has 0 aliphatic heterocycles. The molecule has 1 N–H and O–H groups in total. The number of hydrogen-bond donors (Lipinski definition) is 1. The lowest BCUT2D eigenvalue weighted by Gasteiger charge is -2.24. The zero-order valence-corrected chi connectivity index (χ0v) is 13.3. The van der Waals surface area contributed by atoms with E-state index >= 15 is 0 Å². The van der Waals surface area contributed by atoms with Crippen LogP contribution in [0.1, 0.15) is 64.6 Å². The van der Waals surface area contributed by atoms with E-state index < -0.39 is 0 Å². The molecule has 2 rings (SSSR count). The second-order valence-corrected chi connectivity index (χ2v) is 6.43. The van der Waals surface area contributed by atoms with Crippen LogP contribution >= 0.6 is 0 Å². The summed E-state index contributed by atoms with van der Waals surface area (Å²) in [7, 11) is 0. The second kappa shape index (κ2) is 6.57. The van der Waals surface area contributed by atoms with Crippen LogP contribution in [-0.2, 0) is 13.0 Å². The summed E-state index contributed by atoms with van der Waals surface area (Å²) in [5.41, 5.74) is 2.28. The standard InChI is InChI=1S/C17H28N2O/c1-5-7-15-10-13(12-18-14-8-9-14)11-16(19-15)20-17(3,4)6-2/h10-11,14,18H,5-9,12H2,1-4H3. The van der Waals surface area contributed by atoms with Crippen LogP contribution in [0.4, 0.5) is 0 Å². The van der Waals surface area contributed by atoms with Gasteiger partial charge in [-0.3, -0.25) is 0 Å². The third-order valence-corrected chi connectivity index (χ3v) is 3.83. The fraction of sp³-hybridized carbons (Fsp3) is 0.706. The van der Waals surface area contributed by atoms with Crippen LogP contribution in [0.3, 0.4) is 0 Å². The van der Waals surface area contributed by atoms with Crippen LogP contribution in [0.2, 0.25) is 0 Å². The van der Waals surface area contributed by atoms with Gasteiger partial charge in [0.1, 0.15) is 5.60 Å². The molecular weight excluding hydrogens is 248 g/mol. The van der Waals surface area contributed by atoms with Crippen LogP contribution in [0.5, 0.6) is 5.88 Å². The Morgan fingerprint density at radius 1 is 1.30 bits per heavy atom. The summed E-state index contributed by atoms with van der Waals surface area (Å²) in [6, 6.07) is 5.03. The first-order chi connectivity index (χ1) is 9.52. The summed E-state index contributed by atoms with van der Waals surface area (Å²) >= 11 is 0. The third-order valence-electron chi connectivity index (χ3n) is 3.83. The van der Waals surface area contributed by atoms with Crippen molar-refractivity contribution in [2.24, 2.45) is 0 Å². The van der Waals surface area contributed by atoms with Crippen LogP contribution in [0.15, 0.2) is 12.1 Å². The van der Waals surface area contributed by atoms with Gasteiger partial charge in [0, 0.05) is 24.3 Å². The quantitative estimate of drug-likeness (QED) is 0.783. The topological polar surface area (TPSA) is 34.1 Å². The SMILES string of the molecule is CCCc1cc(CNC2CC2)cc(OC(C)(C)CC)n1. The lowest BCUT2D eigenvalue weighted by atomic mass is 10.1. The van der Waals surface area contributed by atoms with Gasteiger partial charge in [0.2, 0.25) is 5.88 Å². The fourth-order valence-corrected chi connectivity index (χ4v) is 2.06. The summed E-state index contributed by atoms with van der Waals surface area (Å²) in [6.07, 6.45) is 5.74. The molecule has 1 aromatic heterocycles. The fourth-order valence-electron chi connectivity index (χ4n) is 2.06. The van der Waals surface area contributed by atoms with Crippen LogP contribution in [0, 0.1) is 0 Å². The van der Waals surface area contributed by atoms with Crippen LogP contribution in [0.25, 0.3) is 0 Å². The van der Waals surface area contributed by atoms with Crippen LogP contribution in [-0.4, -0.2) is 16.6 Å². The minimum atomic E-state index is -0.154. The Morgan fingerprint density at radius 2 is 2.05 bits per heavy atom. The van der Waals surface area contributed by atoms with Crippen molar-refractivity contribution in [1.82, 2.24) is 10.3 Å². The molecule has 1 aromatic rings. The number of nitrogens with one attached hydrogen (secondary N) is 1. The summed E-state index contributed by atoms with van der Waals surface area (Å²) in [5, 5.41) is 3.56. The number of pyridine rings is 1. The zero-order valence-electron chi connectivity index (χ0n) is 13.3. The van der Waals surface area contributed by atoms with E-state index in [4.69, 9.17) is 4.74 Å². The highest BCUT2D eigenvalue weighted by atomic mass is 16.5. The highest BCUT2D eigenvalue weighted by Crippen LogP contribution is 2.23. The van der Waals surface area contributed by atoms with Gasteiger partial charge in [-0.25, -0.2) is 4.98 Å². The average Bonchev–Trinajstić information content (AvgIpc) is 3.20. The predicted molar refractivity (Wildman–Crippen MR) is 83.1 cm³/mol. The second-order valence-electron chi connectivity index (χ2n) is 6.43. The largest absolute Gasteiger partial charge is 0.472 e. The Hall–Kier alpha value is -1.09. The monoisotopic (exact) mass is 276 g/mol. The molecule has 1 aliphatic rings. The van der Waals surface area contributed by atoms with Crippen molar-refractivity contribution < 1.29 is 4.74 Å². The number of rotatable bonds is 8. The van der Waals surface area contributed by atoms with Crippen molar-refractivity contribution in [3.63, 3.8) is 0 Å². The molecule has 0 radical (unpaired) electrons. The summed E-state index contributed by atoms with van der Waals surface area (Å²) in [4.78, 5) is 4.65. The van der Waals surface area contributed by atoms with Crippen molar-refractivity contribution in [3.05, 3.63) is 23.4 Å². The molecule has 0 saturated heterocycles. The molecule has 112 valence electrons. The van der Waals surface area contributed by atoms with Gasteiger partial charge in [-0.05, 0) is 51.2 Å². The number of aromatic nitrogens is 1. The van der Waals surface area contributed by atoms with E-state index in [1.165, 1.54) is 18.4 Å². The van der Waals surface area contributed by atoms with E-state index in [0.717, 1.165) is 43.4 Å². The van der Waals surface area contributed by atoms with Gasteiger partial charge in [-0.1, -0.05) is 20.3 Å². The molecule has 1 fully saturated rings. The van der Waals surface area contributed by atoms with E-state index in [1.807, 2.05) is 0 Å². The Morgan fingerprint density at radius 3 is 2.65 bits per heavy atom. The number of ether oxygens (including phenoxy) is 1. The smallest absolute Gasteiger partial charge is 0.214 e. The highest BCUT2D eigenvalue weighted by molar-refractivity contribution is 5.26. The van der Waals surface area contributed by atoms with Crippen molar-refractivity contribution in [3.8, 4) is 5.88 Å². The van der Waals surface area contributed by atoms with Gasteiger partial charge in [0.25, 0.3) is 0 Å². The molecule has 0 aromatic carbocycles. The Labute approximate surface area is 123 Å². The Bertz CT molecular complexity index is 439. The van der Waals surface area contributed by atoms with E-state index in [9.17, 15) is 0 Å². The van der Waals surface area contributed by atoms with Gasteiger partial charge < -0.3 is 10.1 Å². The molecule has 0 atom stereocenters. The van der Waals surface area contributed by atoms with Gasteiger partial charge >= 0.3 is 0 Å². The zero-order chi connectivity index (χ0) is 14.6. The third kappa shape index (κ3) is 4.78. The maximum Gasteiger partial charge on any atom is 0.214 e. The first-order valence-corrected chi connectivity index (χ1v) is 7.94. The minimum absolute atomic E-state index is 0.154. The lowest BCUT2D eigenvalue weighted by molar-refractivity contribution is 0.0986. The number of nitrogens with zero attached hydrogens (tertiary/aromatic N) is 1. The summed E-state index contributed by atoms with van der Waals surface area (Å²) in [5.74, 6) is 0.774. The Kier molecular flexibility index (Phi) is 5.03. The molecule has 1 aliphatic carbocycles. The minimum Gasteiger partial charge on any atom is -0.472 e. The van der Waals surface area contributed by atoms with Gasteiger partial charge in [-0.2, -0.15) is 0 Å². The van der Waals surface area contributed by atoms with Gasteiger partial charge in [0.05, 0.1) is 0 Å². The number of aryl methyl sites for hydroxylation is 1. The van der Waals surface area contributed by atoms with Crippen molar-refractivity contribution >= 4 is 0 Å². The van der Waals surface area contributed by atoms with Crippen molar-refractivity contribution in [2.75, 3.05) is 0 Å². The van der Waals surface area contributed by atoms with Crippen molar-refractivity contribution in [2.45, 2.75) is 78.0 Å². The van der Waals surface area contributed by atoms with Crippen LogP contribution < -0.4 is 10.1 Å². The molecule has 0 unspecified atom stereocenters. The van der Waals surface area contributed by atoms with Crippen molar-refractivity contribution in [1.29, 1.82) is 0 Å². The highest BCUT2D eigenvalue weighted by Gasteiger charge is 2.21. The van der Waals surface area contributed by atoms with Gasteiger partial charge in [-0.15, -0.1) is 0 Å². The van der Waals surface area contributed by atoms with E-state index in [-0.39, 0.29) is 5.60 Å². The normalized spacial score (nSPS) is 15.4. The molecule has 20 heavy (non-hydrogen) atoms. The lowest BCUT2D eigenvalue weighted by Crippen LogP contribution is -2.27. The van der Waals surface area contributed by atoms with E-state index in [1.54, 1.807) is 0 Å². The number of hydrogen-bond acceptors (Lipinski definition) is 3. The molecule has 3 nitrogen and oxygen atoms in total. The molecule has 0 spiro atoms. The maximum absolute atomic E-state index is 6.06. The summed E-state index contributed by atoms with van der Waals surface area (Å²) < 4.78 is 6.06. The molecule has 0 bridgehead atoms. The molecular formula is C17H28N2O. The first-order valence-electron chi connectivity index (χ1n) is 7.94. The predicted octanol–water partition coefficient (Wildman–Crippen LogP) is 3.85. The molecule has 1 saturated carbocycles. The van der Waals surface area contributed by atoms with Gasteiger partial charge in [0.15, 0.2) is 0 Å². The molecule has 3 heteroatoms.